The summed E-state index contributed by atoms with van der Waals surface area (Å²) in [4.78, 5) is 0. The summed E-state index contributed by atoms with van der Waals surface area (Å²) >= 11 is 2.29. The molecule has 4 saturated carbocycles. The maximum atomic E-state index is 9.80. The third-order valence-electron chi connectivity index (χ3n) is 15.7. The molecule has 0 radical (unpaired) electrons. The fraction of sp³-hybridized carbons (Fsp3) is 0.825. The van der Waals surface area contributed by atoms with Crippen molar-refractivity contribution in [2.45, 2.75) is 106 Å². The first-order chi connectivity index (χ1) is 37.2. The topological polar surface area (TPSA) is 232 Å². The zero-order valence-electron chi connectivity index (χ0n) is 50.2. The van der Waals surface area contributed by atoms with Gasteiger partial charge in [0.1, 0.15) is 11.7 Å². The van der Waals surface area contributed by atoms with Gasteiger partial charge in [-0.25, -0.2) is 0 Å². The smallest absolute Gasteiger partial charge is 0.141 e. The molecule has 0 amide bonds. The average molecular weight is 1240 g/mol. The Bertz CT molecular complexity index is 1610. The van der Waals surface area contributed by atoms with Crippen LogP contribution in [0.2, 0.25) is 0 Å². The summed E-state index contributed by atoms with van der Waals surface area (Å²) in [6.07, 6.45) is 6.60. The van der Waals surface area contributed by atoms with Gasteiger partial charge in [0.2, 0.25) is 0 Å². The molecule has 78 heavy (non-hydrogen) atoms. The van der Waals surface area contributed by atoms with Crippen LogP contribution in [-0.2, 0) is 75.8 Å². The molecule has 1 aliphatic heterocycles. The van der Waals surface area contributed by atoms with E-state index >= 15 is 0 Å². The van der Waals surface area contributed by atoms with Gasteiger partial charge in [0, 0.05) is 139 Å². The van der Waals surface area contributed by atoms with E-state index in [1.807, 2.05) is 0 Å². The lowest BCUT2D eigenvalue weighted by Gasteiger charge is -2.34. The van der Waals surface area contributed by atoms with Crippen LogP contribution in [0.15, 0.2) is 48.6 Å². The Balaban J connectivity index is 0.000000937. The Labute approximate surface area is 482 Å². The van der Waals surface area contributed by atoms with Crippen LogP contribution in [0.25, 0.3) is 0 Å². The molecule has 13 atom stereocenters. The monoisotopic (exact) mass is 1230 g/mol. The third-order valence-corrected chi connectivity index (χ3v) is 15.7. The number of terminal acetylenes is 1. The van der Waals surface area contributed by atoms with Crippen LogP contribution in [0.3, 0.4) is 0 Å². The molecule has 5 aliphatic rings. The minimum Gasteiger partial charge on any atom is -0.395 e. The first-order valence-corrected chi connectivity index (χ1v) is 27.4. The van der Waals surface area contributed by atoms with Crippen LogP contribution < -0.4 is 0 Å². The van der Waals surface area contributed by atoms with Crippen molar-refractivity contribution in [1.29, 1.82) is 0 Å². The number of aliphatic hydroxyl groups is 4. The van der Waals surface area contributed by atoms with E-state index in [9.17, 15) is 20.4 Å². The first kappa shape index (κ1) is 76.5. The fourth-order valence-electron chi connectivity index (χ4n) is 11.1. The standard InChI is InChI=1S/4C11H20O4.C11H18O4.C2H5I/c2*1-8-9(12)5-10(15-4)11(8,6-13-2)7-14-3;2*1-8-9(14-3)5-10(15-4)11(8,6-12)7-13-2;1-5-9(13-3)6-10(14-4)11(7-12-2)8-15-11;1-2-3/h4*9-10,12H,1,5-7H2,2-4H3;1,9-10H,6-8H2,2-4H3;2H2,1H3/t2*9-,10+;9-,10+,11+;9-,10+,11-;9?,10-,11-;/m11110./s1. The molecule has 0 aromatic heterocycles. The summed E-state index contributed by atoms with van der Waals surface area (Å²) in [5.41, 5.74) is 1.01. The Kier molecular flexibility index (Phi) is 38.3. The van der Waals surface area contributed by atoms with Gasteiger partial charge >= 0.3 is 0 Å². The summed E-state index contributed by atoms with van der Waals surface area (Å²) < 4.78 is 85.5. The van der Waals surface area contributed by atoms with E-state index in [2.05, 4.69) is 61.8 Å². The molecule has 20 nitrogen and oxygen atoms in total. The van der Waals surface area contributed by atoms with Crippen molar-refractivity contribution in [2.75, 3.05) is 177 Å². The van der Waals surface area contributed by atoms with Gasteiger partial charge in [0.25, 0.3) is 0 Å². The van der Waals surface area contributed by atoms with Crippen molar-refractivity contribution in [3.8, 4) is 12.3 Å². The van der Waals surface area contributed by atoms with E-state index < -0.39 is 33.9 Å². The average Bonchev–Trinajstić information content (AvgIpc) is 3.95. The van der Waals surface area contributed by atoms with Crippen LogP contribution in [-0.4, -0.2) is 264 Å². The van der Waals surface area contributed by atoms with E-state index in [1.54, 1.807) is 107 Å². The Morgan fingerprint density at radius 1 is 0.513 bits per heavy atom. The van der Waals surface area contributed by atoms with Crippen molar-refractivity contribution < 1.29 is 96.2 Å². The molecular formula is C57H103IO20. The number of hydrogen-bond donors (Lipinski definition) is 4. The number of rotatable bonds is 27. The second-order valence-corrected chi connectivity index (χ2v) is 21.4. The maximum absolute atomic E-state index is 9.80. The van der Waals surface area contributed by atoms with Crippen LogP contribution in [0.4, 0.5) is 0 Å². The van der Waals surface area contributed by atoms with Gasteiger partial charge in [-0.1, -0.05) is 61.8 Å². The molecule has 1 heterocycles. The summed E-state index contributed by atoms with van der Waals surface area (Å²) in [5, 5.41) is 38.7. The second-order valence-electron chi connectivity index (χ2n) is 19.9. The van der Waals surface area contributed by atoms with Gasteiger partial charge in [0.15, 0.2) is 0 Å². The molecule has 0 aromatic carbocycles. The lowest BCUT2D eigenvalue weighted by molar-refractivity contribution is -0.0551. The highest BCUT2D eigenvalue weighted by molar-refractivity contribution is 14.1. The van der Waals surface area contributed by atoms with Gasteiger partial charge in [0.05, 0.1) is 143 Å². The zero-order valence-corrected chi connectivity index (χ0v) is 52.3. The molecule has 458 valence electrons. The number of hydrogen-bond acceptors (Lipinski definition) is 20. The lowest BCUT2D eigenvalue weighted by Crippen LogP contribution is -2.41. The summed E-state index contributed by atoms with van der Waals surface area (Å²) in [7, 11) is 24.4. The highest BCUT2D eigenvalue weighted by Crippen LogP contribution is 2.48. The van der Waals surface area contributed by atoms with Crippen LogP contribution in [0.1, 0.15) is 39.0 Å². The number of ether oxygens (including phenoxy) is 16. The molecule has 21 heteroatoms. The maximum Gasteiger partial charge on any atom is 0.141 e. The lowest BCUT2D eigenvalue weighted by atomic mass is 9.82. The van der Waals surface area contributed by atoms with E-state index in [4.69, 9.17) is 82.2 Å². The Morgan fingerprint density at radius 3 is 1.03 bits per heavy atom. The molecule has 0 bridgehead atoms. The number of alkyl halides is 1. The minimum atomic E-state index is -0.528. The van der Waals surface area contributed by atoms with Crippen molar-refractivity contribution >= 4 is 22.6 Å². The molecule has 0 aromatic rings. The second kappa shape index (κ2) is 39.1. The molecule has 5 rings (SSSR count). The number of epoxide rings is 1. The summed E-state index contributed by atoms with van der Waals surface area (Å²) in [6, 6.07) is 0. The highest BCUT2D eigenvalue weighted by Gasteiger charge is 2.55. The van der Waals surface area contributed by atoms with Gasteiger partial charge < -0.3 is 96.2 Å². The quantitative estimate of drug-likeness (QED) is 0.0295. The SMILES string of the molecule is C#CC(C[C@H](OC)[C@]1(COC)CO1)OC.C=C1[C@H](O)C[C@H](OC)C1(COC)COC.C=C1[C@H](O)C[C@H](OC)C1(COC)COC.C=C1[C@H](OC)C[C@H](OC)[C@@]1(CO)COC.C=C1[C@H](OC)C[C@H](OC)[C@]1(CO)COC.CCI. The normalized spacial score (nSPS) is 31.0. The highest BCUT2D eigenvalue weighted by atomic mass is 127. The Hall–Kier alpha value is -1.55. The van der Waals surface area contributed by atoms with E-state index in [1.165, 1.54) is 4.43 Å². The van der Waals surface area contributed by atoms with Crippen molar-refractivity contribution in [3.63, 3.8) is 0 Å². The van der Waals surface area contributed by atoms with E-state index in [-0.39, 0.29) is 67.6 Å². The number of aliphatic hydroxyl groups excluding tert-OH is 4. The molecule has 4 N–H and O–H groups in total. The van der Waals surface area contributed by atoms with Crippen LogP contribution in [0, 0.1) is 34.0 Å². The molecule has 4 aliphatic carbocycles. The van der Waals surface area contributed by atoms with Crippen molar-refractivity contribution in [3.05, 3.63) is 48.6 Å². The predicted octanol–water partition coefficient (Wildman–Crippen LogP) is 4.30. The third kappa shape index (κ3) is 19.0. The molecular weight excluding hydrogens is 1130 g/mol. The van der Waals surface area contributed by atoms with Crippen LogP contribution >= 0.6 is 22.6 Å². The predicted molar refractivity (Wildman–Crippen MR) is 307 cm³/mol. The van der Waals surface area contributed by atoms with Crippen LogP contribution in [0.5, 0.6) is 0 Å². The van der Waals surface area contributed by atoms with E-state index in [0.29, 0.717) is 72.1 Å². The minimum absolute atomic E-state index is 0.0297. The summed E-state index contributed by atoms with van der Waals surface area (Å²) in [5.74, 6) is 2.56. The van der Waals surface area contributed by atoms with E-state index in [0.717, 1.165) is 35.1 Å². The summed E-state index contributed by atoms with van der Waals surface area (Å²) in [6.45, 7) is 21.7. The first-order valence-electron chi connectivity index (χ1n) is 25.9. The molecule has 0 spiro atoms. The van der Waals surface area contributed by atoms with Gasteiger partial charge in [-0.3, -0.25) is 0 Å². The van der Waals surface area contributed by atoms with Crippen molar-refractivity contribution in [1.82, 2.24) is 0 Å². The van der Waals surface area contributed by atoms with Crippen molar-refractivity contribution in [2.24, 2.45) is 21.7 Å². The molecule has 1 unspecified atom stereocenters. The molecule has 1 saturated heterocycles. The van der Waals surface area contributed by atoms with Gasteiger partial charge in [-0.15, -0.1) is 6.42 Å². The Morgan fingerprint density at radius 2 is 0.808 bits per heavy atom. The zero-order chi connectivity index (χ0) is 59.9. The van der Waals surface area contributed by atoms with Gasteiger partial charge in [-0.05, 0) is 26.7 Å². The fourth-order valence-corrected chi connectivity index (χ4v) is 11.1. The number of halogens is 1. The number of methoxy groups -OCH3 is 15. The van der Waals surface area contributed by atoms with Gasteiger partial charge in [-0.2, -0.15) is 0 Å². The molecule has 5 fully saturated rings. The largest absolute Gasteiger partial charge is 0.395 e.